The van der Waals surface area contributed by atoms with Gasteiger partial charge in [-0.25, -0.2) is 0 Å². The van der Waals surface area contributed by atoms with E-state index in [0.29, 0.717) is 25.9 Å². The molecule has 1 fully saturated rings. The molecule has 1 aliphatic rings. The second-order valence-electron chi connectivity index (χ2n) is 6.30. The highest BCUT2D eigenvalue weighted by Crippen LogP contribution is 2.15. The van der Waals surface area contributed by atoms with Gasteiger partial charge in [-0.1, -0.05) is 36.4 Å². The van der Waals surface area contributed by atoms with Crippen molar-refractivity contribution in [1.82, 2.24) is 14.8 Å². The van der Waals surface area contributed by atoms with Crippen LogP contribution in [0.5, 0.6) is 0 Å². The monoisotopic (exact) mass is 334 g/mol. The lowest BCUT2D eigenvalue weighted by Gasteiger charge is -2.38. The van der Waals surface area contributed by atoms with Crippen LogP contribution in [0.1, 0.15) is 17.5 Å². The molecule has 25 heavy (non-hydrogen) atoms. The van der Waals surface area contributed by atoms with Gasteiger partial charge in [-0.2, -0.15) is 5.26 Å². The number of carbonyl (C=O) groups is 1. The summed E-state index contributed by atoms with van der Waals surface area (Å²) in [4.78, 5) is 20.5. The molecule has 1 amide bonds. The second-order valence-corrected chi connectivity index (χ2v) is 6.30. The van der Waals surface area contributed by atoms with Crippen molar-refractivity contribution in [3.8, 4) is 6.07 Å². The Morgan fingerprint density at radius 2 is 1.96 bits per heavy atom. The van der Waals surface area contributed by atoms with Crippen molar-refractivity contribution in [2.24, 2.45) is 0 Å². The summed E-state index contributed by atoms with van der Waals surface area (Å²) < 4.78 is 0. The SMILES string of the molecule is N#CC1CN(C(=O)CCc2cccnc2)CCN1Cc1ccccc1. The largest absolute Gasteiger partial charge is 0.339 e. The van der Waals surface area contributed by atoms with Gasteiger partial charge < -0.3 is 4.90 Å². The van der Waals surface area contributed by atoms with Gasteiger partial charge in [0.1, 0.15) is 6.04 Å². The lowest BCUT2D eigenvalue weighted by Crippen LogP contribution is -2.53. The first-order chi connectivity index (χ1) is 12.3. The van der Waals surface area contributed by atoms with Crippen LogP contribution in [-0.4, -0.2) is 46.4 Å². The fourth-order valence-corrected chi connectivity index (χ4v) is 3.13. The van der Waals surface area contributed by atoms with Crippen LogP contribution < -0.4 is 0 Å². The number of amides is 1. The van der Waals surface area contributed by atoms with Crippen LogP contribution in [0.2, 0.25) is 0 Å². The number of hydrogen-bond donors (Lipinski definition) is 0. The van der Waals surface area contributed by atoms with E-state index in [9.17, 15) is 10.1 Å². The summed E-state index contributed by atoms with van der Waals surface area (Å²) in [7, 11) is 0. The number of piperazine rings is 1. The Labute approximate surface area is 148 Å². The predicted molar refractivity (Wildman–Crippen MR) is 95.4 cm³/mol. The zero-order chi connectivity index (χ0) is 17.5. The van der Waals surface area contributed by atoms with E-state index in [1.165, 1.54) is 5.56 Å². The molecule has 1 atom stereocenters. The van der Waals surface area contributed by atoms with Crippen molar-refractivity contribution in [2.45, 2.75) is 25.4 Å². The minimum Gasteiger partial charge on any atom is -0.339 e. The second kappa shape index (κ2) is 8.41. The van der Waals surface area contributed by atoms with Crippen LogP contribution in [0.25, 0.3) is 0 Å². The van der Waals surface area contributed by atoms with Crippen molar-refractivity contribution in [2.75, 3.05) is 19.6 Å². The van der Waals surface area contributed by atoms with Gasteiger partial charge in [-0.05, 0) is 23.6 Å². The highest BCUT2D eigenvalue weighted by molar-refractivity contribution is 5.76. The third-order valence-electron chi connectivity index (χ3n) is 4.57. The minimum atomic E-state index is -0.253. The first-order valence-corrected chi connectivity index (χ1v) is 8.60. The topological polar surface area (TPSA) is 60.2 Å². The molecule has 1 aliphatic heterocycles. The molecule has 2 aromatic rings. The van der Waals surface area contributed by atoms with Crippen molar-refractivity contribution < 1.29 is 4.79 Å². The zero-order valence-electron chi connectivity index (χ0n) is 14.2. The van der Waals surface area contributed by atoms with Gasteiger partial charge >= 0.3 is 0 Å². The Kier molecular flexibility index (Phi) is 5.76. The maximum absolute atomic E-state index is 12.5. The van der Waals surface area contributed by atoms with E-state index in [0.717, 1.165) is 18.7 Å². The van der Waals surface area contributed by atoms with Crippen LogP contribution in [-0.2, 0) is 17.8 Å². The zero-order valence-corrected chi connectivity index (χ0v) is 14.2. The lowest BCUT2D eigenvalue weighted by molar-refractivity contribution is -0.133. The van der Waals surface area contributed by atoms with Gasteiger partial charge in [0, 0.05) is 45.0 Å². The van der Waals surface area contributed by atoms with Gasteiger partial charge in [0.25, 0.3) is 0 Å². The molecule has 1 aromatic carbocycles. The number of hydrogen-bond acceptors (Lipinski definition) is 4. The number of benzene rings is 1. The molecule has 1 unspecified atom stereocenters. The van der Waals surface area contributed by atoms with Crippen molar-refractivity contribution >= 4 is 5.91 Å². The minimum absolute atomic E-state index is 0.114. The Balaban J connectivity index is 1.54. The predicted octanol–water partition coefficient (Wildman–Crippen LogP) is 2.25. The van der Waals surface area contributed by atoms with E-state index in [4.69, 9.17) is 0 Å². The van der Waals surface area contributed by atoms with Crippen molar-refractivity contribution in [3.05, 3.63) is 66.0 Å². The van der Waals surface area contributed by atoms with Crippen LogP contribution in [0.4, 0.5) is 0 Å². The van der Waals surface area contributed by atoms with Gasteiger partial charge in [-0.15, -0.1) is 0 Å². The smallest absolute Gasteiger partial charge is 0.223 e. The van der Waals surface area contributed by atoms with Gasteiger partial charge in [0.05, 0.1) is 6.07 Å². The van der Waals surface area contributed by atoms with Crippen LogP contribution in [0.15, 0.2) is 54.9 Å². The third-order valence-corrected chi connectivity index (χ3v) is 4.57. The summed E-state index contributed by atoms with van der Waals surface area (Å²) in [6.45, 7) is 2.63. The van der Waals surface area contributed by atoms with Crippen LogP contribution >= 0.6 is 0 Å². The molecule has 128 valence electrons. The average Bonchev–Trinajstić information content (AvgIpc) is 2.68. The molecule has 0 saturated carbocycles. The van der Waals surface area contributed by atoms with E-state index >= 15 is 0 Å². The van der Waals surface area contributed by atoms with E-state index in [1.54, 1.807) is 12.4 Å². The molecule has 5 heteroatoms. The molecule has 2 heterocycles. The molecule has 1 saturated heterocycles. The quantitative estimate of drug-likeness (QED) is 0.841. The summed E-state index contributed by atoms with van der Waals surface area (Å²) in [5.74, 6) is 0.114. The van der Waals surface area contributed by atoms with Gasteiger partial charge in [-0.3, -0.25) is 14.7 Å². The molecule has 1 aromatic heterocycles. The Bertz CT molecular complexity index is 726. The lowest BCUT2D eigenvalue weighted by atomic mass is 10.1. The Morgan fingerprint density at radius 1 is 1.16 bits per heavy atom. The number of nitrogens with zero attached hydrogens (tertiary/aromatic N) is 4. The summed E-state index contributed by atoms with van der Waals surface area (Å²) in [5, 5.41) is 9.51. The molecule has 0 aliphatic carbocycles. The maximum atomic E-state index is 12.5. The van der Waals surface area contributed by atoms with E-state index < -0.39 is 0 Å². The van der Waals surface area contributed by atoms with Gasteiger partial charge in [0.15, 0.2) is 0 Å². The summed E-state index contributed by atoms with van der Waals surface area (Å²) in [5.41, 5.74) is 2.26. The standard InChI is InChI=1S/C20H22N4O/c21-13-19-16-24(20(25)9-8-17-7-4-10-22-14-17)12-11-23(19)15-18-5-2-1-3-6-18/h1-7,10,14,19H,8-9,11-12,15-16H2. The fraction of sp³-hybridized carbons (Fsp3) is 0.350. The van der Waals surface area contributed by atoms with E-state index in [2.05, 4.69) is 28.1 Å². The van der Waals surface area contributed by atoms with Crippen molar-refractivity contribution in [3.63, 3.8) is 0 Å². The first kappa shape index (κ1) is 17.1. The number of aromatic nitrogens is 1. The Morgan fingerprint density at radius 3 is 2.68 bits per heavy atom. The van der Waals surface area contributed by atoms with Crippen LogP contribution in [0.3, 0.4) is 0 Å². The number of rotatable bonds is 5. The molecule has 0 radical (unpaired) electrons. The number of nitriles is 1. The first-order valence-electron chi connectivity index (χ1n) is 8.60. The Hall–Kier alpha value is -2.71. The summed E-state index contributed by atoms with van der Waals surface area (Å²) >= 11 is 0. The summed E-state index contributed by atoms with van der Waals surface area (Å²) in [6, 6.07) is 16.1. The third kappa shape index (κ3) is 4.65. The average molecular weight is 334 g/mol. The summed E-state index contributed by atoms with van der Waals surface area (Å²) in [6.07, 6.45) is 4.68. The molecule has 0 spiro atoms. The number of carbonyl (C=O) groups excluding carboxylic acids is 1. The van der Waals surface area contributed by atoms with Crippen molar-refractivity contribution in [1.29, 1.82) is 5.26 Å². The molecule has 0 bridgehead atoms. The fourth-order valence-electron chi connectivity index (χ4n) is 3.13. The highest BCUT2D eigenvalue weighted by Gasteiger charge is 2.29. The molecular weight excluding hydrogens is 312 g/mol. The van der Waals surface area contributed by atoms with Crippen LogP contribution in [0, 0.1) is 11.3 Å². The molecule has 5 nitrogen and oxygen atoms in total. The van der Waals surface area contributed by atoms with Gasteiger partial charge in [0.2, 0.25) is 5.91 Å². The number of aryl methyl sites for hydroxylation is 1. The molecular formula is C20H22N4O. The molecule has 0 N–H and O–H groups in total. The normalized spacial score (nSPS) is 17.9. The van der Waals surface area contributed by atoms with E-state index in [-0.39, 0.29) is 11.9 Å². The maximum Gasteiger partial charge on any atom is 0.223 e. The number of pyridine rings is 1. The van der Waals surface area contributed by atoms with E-state index in [1.807, 2.05) is 35.2 Å². The highest BCUT2D eigenvalue weighted by atomic mass is 16.2. The molecule has 3 rings (SSSR count).